The second-order valence-corrected chi connectivity index (χ2v) is 23.9. The van der Waals surface area contributed by atoms with Gasteiger partial charge in [0.15, 0.2) is 0 Å². The molecule has 4 heteroatoms. The average molecular weight is 781 g/mol. The molecule has 2 nitrogen and oxygen atoms in total. The molecule has 5 aromatic carbocycles. The lowest BCUT2D eigenvalue weighted by Crippen LogP contribution is -2.61. The van der Waals surface area contributed by atoms with E-state index in [1.54, 1.807) is 0 Å². The fourth-order valence-electron chi connectivity index (χ4n) is 12.5. The van der Waals surface area contributed by atoms with Gasteiger partial charge >= 0.3 is 0 Å². The van der Waals surface area contributed by atoms with Gasteiger partial charge in [0.2, 0.25) is 0 Å². The SMILES string of the molecule is CC(C)(C)c1ccc(N2c3cccc4c3B(c3ccc5c(c3N4c3cccc4c3C(C)(C)CC4(C)C)C(C)(C)CC5(C)C)c3c2sc2ccc(C(C)(C)C)cc32)cc1. The van der Waals surface area contributed by atoms with Crippen LogP contribution in [0.3, 0.4) is 0 Å². The normalized spacial score (nSPS) is 19.2. The first kappa shape index (κ1) is 38.0. The van der Waals surface area contributed by atoms with E-state index < -0.39 is 0 Å². The minimum Gasteiger partial charge on any atom is -0.311 e. The second kappa shape index (κ2) is 11.7. The van der Waals surface area contributed by atoms with Crippen LogP contribution < -0.4 is 26.2 Å². The highest BCUT2D eigenvalue weighted by Crippen LogP contribution is 2.59. The fraction of sp³-hybridized carbons (Fsp3) is 0.407. The van der Waals surface area contributed by atoms with Gasteiger partial charge in [0.1, 0.15) is 0 Å². The molecular formula is C54H61BN2S. The van der Waals surface area contributed by atoms with Gasteiger partial charge in [-0.3, -0.25) is 0 Å². The van der Waals surface area contributed by atoms with Crippen LogP contribution in [0, 0.1) is 0 Å². The number of benzene rings is 5. The molecule has 0 fully saturated rings. The van der Waals surface area contributed by atoms with Crippen molar-refractivity contribution in [1.29, 1.82) is 0 Å². The molecule has 0 saturated heterocycles. The summed E-state index contributed by atoms with van der Waals surface area (Å²) in [6.07, 6.45) is 2.26. The van der Waals surface area contributed by atoms with Crippen LogP contribution in [0.1, 0.15) is 143 Å². The highest BCUT2D eigenvalue weighted by Gasteiger charge is 2.52. The van der Waals surface area contributed by atoms with Crippen LogP contribution in [0.15, 0.2) is 91.0 Å². The number of hydrogen-bond donors (Lipinski definition) is 0. The summed E-state index contributed by atoms with van der Waals surface area (Å²) < 4.78 is 1.36. The smallest absolute Gasteiger partial charge is 0.254 e. The largest absolute Gasteiger partial charge is 0.311 e. The summed E-state index contributed by atoms with van der Waals surface area (Å²) in [7, 11) is 0. The van der Waals surface area contributed by atoms with Gasteiger partial charge < -0.3 is 9.80 Å². The first-order valence-corrected chi connectivity index (χ1v) is 22.6. The molecule has 2 aliphatic heterocycles. The van der Waals surface area contributed by atoms with Gasteiger partial charge in [0.25, 0.3) is 6.71 Å². The molecule has 2 aliphatic carbocycles. The Balaban J connectivity index is 1.36. The molecule has 10 rings (SSSR count). The zero-order valence-electron chi connectivity index (χ0n) is 37.5. The summed E-state index contributed by atoms with van der Waals surface area (Å²) in [6, 6.07) is 36.3. The van der Waals surface area contributed by atoms with Crippen LogP contribution in [0.2, 0.25) is 0 Å². The maximum Gasteiger partial charge on any atom is 0.254 e. The Bertz CT molecular complexity index is 2710. The fourth-order valence-corrected chi connectivity index (χ4v) is 13.7. The quantitative estimate of drug-likeness (QED) is 0.161. The van der Waals surface area contributed by atoms with Crippen molar-refractivity contribution in [2.45, 2.75) is 142 Å². The maximum atomic E-state index is 2.77. The van der Waals surface area contributed by atoms with Crippen molar-refractivity contribution in [1.82, 2.24) is 0 Å². The van der Waals surface area contributed by atoms with Crippen molar-refractivity contribution in [2.24, 2.45) is 0 Å². The van der Waals surface area contributed by atoms with Crippen LogP contribution in [-0.2, 0) is 32.5 Å². The molecule has 58 heavy (non-hydrogen) atoms. The summed E-state index contributed by atoms with van der Waals surface area (Å²) >= 11 is 1.97. The van der Waals surface area contributed by atoms with Crippen molar-refractivity contribution in [2.75, 3.05) is 9.80 Å². The van der Waals surface area contributed by atoms with E-state index in [4.69, 9.17) is 0 Å². The Morgan fingerprint density at radius 2 is 1.09 bits per heavy atom. The van der Waals surface area contributed by atoms with Crippen LogP contribution in [0.5, 0.6) is 0 Å². The highest BCUT2D eigenvalue weighted by molar-refractivity contribution is 7.26. The zero-order chi connectivity index (χ0) is 41.3. The van der Waals surface area contributed by atoms with Gasteiger partial charge in [-0.25, -0.2) is 0 Å². The minimum atomic E-state index is -0.00126. The Kier molecular flexibility index (Phi) is 7.67. The monoisotopic (exact) mass is 780 g/mol. The molecule has 0 spiro atoms. The molecule has 296 valence electrons. The molecule has 0 unspecified atom stereocenters. The van der Waals surface area contributed by atoms with Crippen molar-refractivity contribution in [3.8, 4) is 0 Å². The van der Waals surface area contributed by atoms with Crippen LogP contribution in [0.25, 0.3) is 10.1 Å². The first-order valence-electron chi connectivity index (χ1n) is 21.7. The number of thiophene rings is 1. The highest BCUT2D eigenvalue weighted by atomic mass is 32.1. The zero-order valence-corrected chi connectivity index (χ0v) is 38.3. The van der Waals surface area contributed by atoms with Gasteiger partial charge in [0.05, 0.1) is 10.7 Å². The Morgan fingerprint density at radius 1 is 0.534 bits per heavy atom. The number of nitrogens with zero attached hydrogens (tertiary/aromatic N) is 2. The summed E-state index contributed by atoms with van der Waals surface area (Å²) in [5, 5.41) is 2.75. The molecule has 0 amide bonds. The summed E-state index contributed by atoms with van der Waals surface area (Å²) in [4.78, 5) is 5.39. The van der Waals surface area contributed by atoms with Gasteiger partial charge in [-0.15, -0.1) is 11.3 Å². The van der Waals surface area contributed by atoms with E-state index in [9.17, 15) is 0 Å². The van der Waals surface area contributed by atoms with Gasteiger partial charge in [0, 0.05) is 27.4 Å². The Hall–Kier alpha value is -4.28. The maximum absolute atomic E-state index is 2.77. The average Bonchev–Trinajstić information content (AvgIpc) is 3.67. The van der Waals surface area contributed by atoms with Gasteiger partial charge in [-0.2, -0.15) is 0 Å². The summed E-state index contributed by atoms with van der Waals surface area (Å²) in [5.41, 5.74) is 20.1. The standard InChI is InChI=1S/C54H61BN2S/c1-49(2,3)32-21-24-34(25-22-32)56-40-19-16-20-41-46(40)55(45-35-29-33(50(4,5)6)23-28-42(35)58-48(45)56)38-27-26-37-44(54(13,14)31-52(37,9)10)47(38)57(41)39-18-15-17-36-43(39)53(11,12)30-51(36,7)8/h15-29H,30-31H2,1-14H3. The second-order valence-electron chi connectivity index (χ2n) is 22.9. The van der Waals surface area contributed by atoms with E-state index in [0.717, 1.165) is 12.8 Å². The lowest BCUT2D eigenvalue weighted by Gasteiger charge is -2.45. The summed E-state index contributed by atoms with van der Waals surface area (Å²) in [6.45, 7) is 33.9. The van der Waals surface area contributed by atoms with Crippen molar-refractivity contribution >= 4 is 78.0 Å². The lowest BCUT2D eigenvalue weighted by molar-refractivity contribution is 0.403. The van der Waals surface area contributed by atoms with E-state index in [1.807, 2.05) is 11.3 Å². The van der Waals surface area contributed by atoms with Crippen LogP contribution in [-0.4, -0.2) is 6.71 Å². The molecule has 1 aromatic heterocycles. The number of hydrogen-bond acceptors (Lipinski definition) is 3. The molecule has 0 N–H and O–H groups in total. The third-order valence-corrected chi connectivity index (χ3v) is 15.7. The third-order valence-electron chi connectivity index (χ3n) is 14.5. The number of rotatable bonds is 2. The molecule has 0 bridgehead atoms. The molecule has 6 aromatic rings. The van der Waals surface area contributed by atoms with Crippen molar-refractivity contribution in [3.63, 3.8) is 0 Å². The van der Waals surface area contributed by atoms with E-state index in [0.29, 0.717) is 0 Å². The molecule has 0 atom stereocenters. The van der Waals surface area contributed by atoms with Gasteiger partial charge in [-0.05, 0) is 137 Å². The van der Waals surface area contributed by atoms with Crippen LogP contribution >= 0.6 is 11.3 Å². The van der Waals surface area contributed by atoms with Crippen molar-refractivity contribution in [3.05, 3.63) is 124 Å². The lowest BCUT2D eigenvalue weighted by atomic mass is 9.33. The Labute approximate surface area is 352 Å². The molecule has 3 heterocycles. The van der Waals surface area contributed by atoms with E-state index >= 15 is 0 Å². The summed E-state index contributed by atoms with van der Waals surface area (Å²) in [5.74, 6) is 0. The van der Waals surface area contributed by atoms with E-state index in [-0.39, 0.29) is 39.2 Å². The van der Waals surface area contributed by atoms with E-state index in [2.05, 4.69) is 198 Å². The molecule has 4 aliphatic rings. The molecule has 0 saturated carbocycles. The van der Waals surface area contributed by atoms with Crippen molar-refractivity contribution < 1.29 is 0 Å². The number of fused-ring (bicyclic) bond motifs is 9. The third kappa shape index (κ3) is 5.22. The first-order chi connectivity index (χ1) is 27.0. The molecular weight excluding hydrogens is 719 g/mol. The van der Waals surface area contributed by atoms with E-state index in [1.165, 1.54) is 93.3 Å². The van der Waals surface area contributed by atoms with Gasteiger partial charge in [-0.1, -0.05) is 152 Å². The topological polar surface area (TPSA) is 6.48 Å². The molecule has 0 radical (unpaired) electrons. The minimum absolute atomic E-state index is 0.00126. The predicted molar refractivity (Wildman–Crippen MR) is 255 cm³/mol. The predicted octanol–water partition coefficient (Wildman–Crippen LogP) is 13.5. The Morgan fingerprint density at radius 3 is 1.72 bits per heavy atom. The number of anilines is 6. The van der Waals surface area contributed by atoms with Crippen LogP contribution in [0.4, 0.5) is 33.4 Å².